The molecule has 4 atom stereocenters. The topological polar surface area (TPSA) is 52.0 Å². The first kappa shape index (κ1) is 44.9. The Balaban J connectivity index is 0.744. The van der Waals surface area contributed by atoms with Gasteiger partial charge in [-0.15, -0.1) is 0 Å². The van der Waals surface area contributed by atoms with Gasteiger partial charge in [-0.3, -0.25) is 4.99 Å². The molecule has 77 heavy (non-hydrogen) atoms. The van der Waals surface area contributed by atoms with Crippen molar-refractivity contribution in [2.75, 3.05) is 0 Å². The third-order valence-electron chi connectivity index (χ3n) is 16.2. The molecule has 5 nitrogen and oxygen atoms in total. The number of ether oxygens (including phenoxy) is 1. The third kappa shape index (κ3) is 7.60. The van der Waals surface area contributed by atoms with Crippen LogP contribution in [0.5, 0.6) is 5.75 Å². The van der Waals surface area contributed by atoms with E-state index in [1.165, 1.54) is 38.6 Å². The number of aliphatic imine (C=N–C) groups is 2. The first-order chi connectivity index (χ1) is 38.1. The van der Waals surface area contributed by atoms with Crippen LogP contribution in [0.15, 0.2) is 269 Å². The molecule has 4 unspecified atom stereocenters. The minimum absolute atomic E-state index is 0.0393. The summed E-state index contributed by atoms with van der Waals surface area (Å²) in [6.07, 6.45) is 7.48. The highest BCUT2D eigenvalue weighted by Crippen LogP contribution is 2.48. The van der Waals surface area contributed by atoms with Gasteiger partial charge in [-0.1, -0.05) is 201 Å². The predicted molar refractivity (Wildman–Crippen MR) is 318 cm³/mol. The Kier molecular flexibility index (Phi) is 10.7. The number of fused-ring (bicyclic) bond motifs is 9. The summed E-state index contributed by atoms with van der Waals surface area (Å²) in [7, 11) is 0. The summed E-state index contributed by atoms with van der Waals surface area (Å²) < 4.78 is 16.1. The van der Waals surface area contributed by atoms with E-state index in [4.69, 9.17) is 19.1 Å². The van der Waals surface area contributed by atoms with Crippen LogP contribution in [0.4, 0.5) is 0 Å². The van der Waals surface area contributed by atoms with Gasteiger partial charge < -0.3 is 13.7 Å². The highest BCUT2D eigenvalue weighted by atomic mass is 16.5. The smallest absolute Gasteiger partial charge is 0.155 e. The molecule has 2 aliphatic heterocycles. The van der Waals surface area contributed by atoms with E-state index < -0.39 is 0 Å². The SMILES string of the molecule is CCC1C(c2cccc(-c3ccc4c(c3)OC3C(c5cccc(-c6ccc7oc8cccc(-n9c%10ccccc%10c%10cc(-c%11ccccc%11)ccc%109)c8c7c6)c5)=CC=CC43)c2)=NC(c2ccccc2)=NC1c1ccccc1. The van der Waals surface area contributed by atoms with Crippen molar-refractivity contribution < 1.29 is 9.15 Å². The highest BCUT2D eigenvalue weighted by Gasteiger charge is 2.38. The van der Waals surface area contributed by atoms with E-state index in [9.17, 15) is 0 Å². The minimum Gasteiger partial charge on any atom is -0.484 e. The van der Waals surface area contributed by atoms with Crippen molar-refractivity contribution in [1.82, 2.24) is 4.57 Å². The molecule has 12 aromatic rings. The molecule has 0 bridgehead atoms. The standard InChI is InChI=1S/C72H51N3O2/c1-2-55-69(46-20-8-4-9-21-46)73-72(47-22-10-5-11-23-47)74-70(55)54-27-15-25-49(41-54)52-34-37-58-59-30-16-29-56(71(59)77-67(58)44-52)53-26-14-24-48(40-53)51-36-39-65-61(43-51)68-64(32-17-33-66(68)76-65)75-62-31-13-12-28-57(62)60-42-50(35-38-63(60)75)45-18-6-3-7-19-45/h3-44,55,59,69,71H,2H2,1H3. The molecule has 3 aliphatic rings. The van der Waals surface area contributed by atoms with E-state index in [1.54, 1.807) is 0 Å². The first-order valence-electron chi connectivity index (χ1n) is 26.8. The molecule has 2 aromatic heterocycles. The quantitative estimate of drug-likeness (QED) is 0.145. The number of rotatable bonds is 9. The van der Waals surface area contributed by atoms with Crippen LogP contribution in [0, 0.1) is 5.92 Å². The Morgan fingerprint density at radius 1 is 0.481 bits per heavy atom. The lowest BCUT2D eigenvalue weighted by atomic mass is 9.82. The third-order valence-corrected chi connectivity index (χ3v) is 16.2. The second-order valence-corrected chi connectivity index (χ2v) is 20.6. The molecular weight excluding hydrogens is 939 g/mol. The van der Waals surface area contributed by atoms with Gasteiger partial charge in [-0.2, -0.15) is 0 Å². The highest BCUT2D eigenvalue weighted by molar-refractivity contribution is 6.17. The molecule has 10 aromatic carbocycles. The minimum atomic E-state index is -0.155. The summed E-state index contributed by atoms with van der Waals surface area (Å²) >= 11 is 0. The second kappa shape index (κ2) is 18.4. The maximum absolute atomic E-state index is 7.05. The van der Waals surface area contributed by atoms with Crippen molar-refractivity contribution in [3.63, 3.8) is 0 Å². The fraction of sp³-hybridized carbons (Fsp3) is 0.0833. The lowest BCUT2D eigenvalue weighted by molar-refractivity contribution is 0.278. The largest absolute Gasteiger partial charge is 0.484 e. The Morgan fingerprint density at radius 2 is 1.10 bits per heavy atom. The monoisotopic (exact) mass is 989 g/mol. The van der Waals surface area contributed by atoms with Crippen molar-refractivity contribution in [3.8, 4) is 44.8 Å². The average molecular weight is 990 g/mol. The fourth-order valence-corrected chi connectivity index (χ4v) is 12.5. The number of amidine groups is 1. The number of aromatic nitrogens is 1. The number of hydrogen-bond acceptors (Lipinski definition) is 4. The van der Waals surface area contributed by atoms with Gasteiger partial charge in [0.1, 0.15) is 23.0 Å². The number of para-hydroxylation sites is 1. The van der Waals surface area contributed by atoms with Crippen LogP contribution >= 0.6 is 0 Å². The van der Waals surface area contributed by atoms with Gasteiger partial charge in [0, 0.05) is 44.7 Å². The van der Waals surface area contributed by atoms with Crippen molar-refractivity contribution in [2.24, 2.45) is 15.9 Å². The van der Waals surface area contributed by atoms with Crippen molar-refractivity contribution in [1.29, 1.82) is 0 Å². The van der Waals surface area contributed by atoms with Crippen molar-refractivity contribution in [3.05, 3.63) is 283 Å². The maximum atomic E-state index is 7.05. The van der Waals surface area contributed by atoms with Gasteiger partial charge >= 0.3 is 0 Å². The summed E-state index contributed by atoms with van der Waals surface area (Å²) in [6, 6.07) is 84.8. The molecule has 5 heteroatoms. The zero-order valence-electron chi connectivity index (χ0n) is 42.4. The summed E-state index contributed by atoms with van der Waals surface area (Å²) in [4.78, 5) is 10.6. The normalized spacial score (nSPS) is 17.8. The van der Waals surface area contributed by atoms with Crippen LogP contribution < -0.4 is 4.74 Å². The van der Waals surface area contributed by atoms with Crippen molar-refractivity contribution >= 4 is 60.9 Å². The van der Waals surface area contributed by atoms with Crippen LogP contribution in [-0.4, -0.2) is 22.2 Å². The molecular formula is C72H51N3O2. The molecule has 0 saturated heterocycles. The predicted octanol–water partition coefficient (Wildman–Crippen LogP) is 18.2. The van der Waals surface area contributed by atoms with Crippen LogP contribution in [0.3, 0.4) is 0 Å². The van der Waals surface area contributed by atoms with E-state index in [0.717, 1.165) is 101 Å². The summed E-state index contributed by atoms with van der Waals surface area (Å²) in [5.41, 5.74) is 20.0. The average Bonchev–Trinajstić information content (AvgIpc) is 4.35. The number of hydrogen-bond donors (Lipinski definition) is 0. The number of allylic oxidation sites excluding steroid dienone is 2. The Morgan fingerprint density at radius 3 is 1.92 bits per heavy atom. The van der Waals surface area contributed by atoms with E-state index in [0.29, 0.717) is 0 Å². The molecule has 0 N–H and O–H groups in total. The van der Waals surface area contributed by atoms with Gasteiger partial charge in [0.05, 0.1) is 33.9 Å². The van der Waals surface area contributed by atoms with Gasteiger partial charge in [0.15, 0.2) is 5.84 Å². The van der Waals surface area contributed by atoms with Crippen LogP contribution in [0.25, 0.3) is 88.4 Å². The Labute approximate surface area is 447 Å². The fourth-order valence-electron chi connectivity index (χ4n) is 12.5. The summed E-state index contributed by atoms with van der Waals surface area (Å²) in [6.45, 7) is 2.25. The maximum Gasteiger partial charge on any atom is 0.155 e. The van der Waals surface area contributed by atoms with E-state index in [-0.39, 0.29) is 24.0 Å². The van der Waals surface area contributed by atoms with Crippen LogP contribution in [0.1, 0.15) is 53.1 Å². The van der Waals surface area contributed by atoms with E-state index >= 15 is 0 Å². The number of furan rings is 1. The van der Waals surface area contributed by atoms with E-state index in [1.807, 2.05) is 6.07 Å². The zero-order chi connectivity index (χ0) is 51.0. The number of nitrogens with zero attached hydrogens (tertiary/aromatic N) is 3. The van der Waals surface area contributed by atoms with Gasteiger partial charge in [0.25, 0.3) is 0 Å². The van der Waals surface area contributed by atoms with Crippen LogP contribution in [-0.2, 0) is 0 Å². The van der Waals surface area contributed by atoms with Crippen LogP contribution in [0.2, 0.25) is 0 Å². The van der Waals surface area contributed by atoms with Crippen molar-refractivity contribution in [2.45, 2.75) is 31.4 Å². The Hall–Kier alpha value is -9.58. The van der Waals surface area contributed by atoms with E-state index in [2.05, 4.69) is 260 Å². The molecule has 4 heterocycles. The molecule has 0 amide bonds. The molecule has 366 valence electrons. The van der Waals surface area contributed by atoms with Gasteiger partial charge in [0.2, 0.25) is 0 Å². The lowest BCUT2D eigenvalue weighted by Crippen LogP contribution is -2.28. The molecule has 0 fully saturated rings. The lowest BCUT2D eigenvalue weighted by Gasteiger charge is -2.30. The number of benzene rings is 10. The van der Waals surface area contributed by atoms with Gasteiger partial charge in [-0.05, 0) is 117 Å². The summed E-state index contributed by atoms with van der Waals surface area (Å²) in [5, 5.41) is 4.62. The molecule has 0 spiro atoms. The molecule has 0 radical (unpaired) electrons. The zero-order valence-corrected chi connectivity index (χ0v) is 42.4. The second-order valence-electron chi connectivity index (χ2n) is 20.6. The molecule has 1 aliphatic carbocycles. The summed E-state index contributed by atoms with van der Waals surface area (Å²) in [5.74, 6) is 1.92. The molecule has 0 saturated carbocycles. The molecule has 15 rings (SSSR count). The van der Waals surface area contributed by atoms with Gasteiger partial charge in [-0.25, -0.2) is 4.99 Å². The first-order valence-corrected chi connectivity index (χ1v) is 26.8. The Bertz CT molecular complexity index is 4420.